The zero-order chi connectivity index (χ0) is 10.4. The lowest BCUT2D eigenvalue weighted by molar-refractivity contribution is 0.209. The summed E-state index contributed by atoms with van der Waals surface area (Å²) >= 11 is 0. The minimum atomic E-state index is -2.86. The molecule has 1 aromatic rings. The van der Waals surface area contributed by atoms with Crippen LogP contribution >= 0.6 is 7.60 Å². The SMILES string of the molecule is CCOP(C)(=O)OCc1ccccc1. The summed E-state index contributed by atoms with van der Waals surface area (Å²) in [6.07, 6.45) is 0. The fourth-order valence-electron chi connectivity index (χ4n) is 1.04. The molecule has 0 saturated carbocycles. The first kappa shape index (κ1) is 11.4. The maximum Gasteiger partial charge on any atom is 0.327 e. The van der Waals surface area contributed by atoms with Crippen LogP contribution in [0.2, 0.25) is 0 Å². The average molecular weight is 214 g/mol. The first-order valence-electron chi connectivity index (χ1n) is 4.54. The van der Waals surface area contributed by atoms with E-state index in [9.17, 15) is 4.57 Å². The summed E-state index contributed by atoms with van der Waals surface area (Å²) in [6.45, 7) is 4.01. The Morgan fingerprint density at radius 3 is 2.43 bits per heavy atom. The van der Waals surface area contributed by atoms with Crippen LogP contribution in [0.15, 0.2) is 30.3 Å². The summed E-state index contributed by atoms with van der Waals surface area (Å²) in [6, 6.07) is 9.61. The van der Waals surface area contributed by atoms with Gasteiger partial charge in [-0.05, 0) is 12.5 Å². The summed E-state index contributed by atoms with van der Waals surface area (Å²) in [4.78, 5) is 0. The molecule has 0 aromatic heterocycles. The first-order valence-corrected chi connectivity index (χ1v) is 6.53. The van der Waals surface area contributed by atoms with Crippen molar-refractivity contribution in [1.82, 2.24) is 0 Å². The Morgan fingerprint density at radius 2 is 1.86 bits per heavy atom. The molecule has 1 unspecified atom stereocenters. The van der Waals surface area contributed by atoms with E-state index in [4.69, 9.17) is 9.05 Å². The largest absolute Gasteiger partial charge is 0.327 e. The van der Waals surface area contributed by atoms with E-state index in [1.54, 1.807) is 6.92 Å². The monoisotopic (exact) mass is 214 g/mol. The van der Waals surface area contributed by atoms with Crippen molar-refractivity contribution >= 4 is 7.60 Å². The van der Waals surface area contributed by atoms with Crippen LogP contribution in [0.1, 0.15) is 12.5 Å². The standard InChI is InChI=1S/C10H15O3P/c1-3-12-14(2,11)13-9-10-7-5-4-6-8-10/h4-8H,3,9H2,1-2H3. The topological polar surface area (TPSA) is 35.5 Å². The number of hydrogen-bond donors (Lipinski definition) is 0. The summed E-state index contributed by atoms with van der Waals surface area (Å²) in [7, 11) is -2.86. The fraction of sp³-hybridized carbons (Fsp3) is 0.400. The van der Waals surface area contributed by atoms with Gasteiger partial charge in [-0.3, -0.25) is 4.57 Å². The molecular formula is C10H15O3P. The molecule has 0 saturated heterocycles. The van der Waals surface area contributed by atoms with Gasteiger partial charge >= 0.3 is 7.60 Å². The van der Waals surface area contributed by atoms with Crippen LogP contribution in [0, 0.1) is 0 Å². The number of hydrogen-bond acceptors (Lipinski definition) is 3. The Hall–Kier alpha value is -0.630. The summed E-state index contributed by atoms with van der Waals surface area (Å²) < 4.78 is 21.7. The zero-order valence-corrected chi connectivity index (χ0v) is 9.37. The molecule has 0 radical (unpaired) electrons. The Bertz CT molecular complexity index is 310. The van der Waals surface area contributed by atoms with E-state index in [0.29, 0.717) is 13.2 Å². The van der Waals surface area contributed by atoms with E-state index in [2.05, 4.69) is 0 Å². The van der Waals surface area contributed by atoms with Crippen molar-refractivity contribution in [1.29, 1.82) is 0 Å². The highest BCUT2D eigenvalue weighted by atomic mass is 31.2. The van der Waals surface area contributed by atoms with Gasteiger partial charge in [0.1, 0.15) is 0 Å². The summed E-state index contributed by atoms with van der Waals surface area (Å²) in [5, 5.41) is 0. The molecule has 0 fully saturated rings. The molecule has 1 rings (SSSR count). The van der Waals surface area contributed by atoms with Gasteiger partial charge in [0.2, 0.25) is 0 Å². The second kappa shape index (κ2) is 5.30. The van der Waals surface area contributed by atoms with Crippen molar-refractivity contribution in [2.24, 2.45) is 0 Å². The van der Waals surface area contributed by atoms with Gasteiger partial charge in [-0.25, -0.2) is 0 Å². The Kier molecular flexibility index (Phi) is 4.33. The Balaban J connectivity index is 2.45. The first-order chi connectivity index (χ1) is 6.64. The normalized spacial score (nSPS) is 15.0. The van der Waals surface area contributed by atoms with Gasteiger partial charge in [-0.1, -0.05) is 30.3 Å². The molecule has 0 amide bonds. The van der Waals surface area contributed by atoms with Crippen molar-refractivity contribution in [2.75, 3.05) is 13.3 Å². The lowest BCUT2D eigenvalue weighted by Gasteiger charge is -2.12. The molecule has 0 heterocycles. The van der Waals surface area contributed by atoms with Gasteiger partial charge in [0.05, 0.1) is 13.2 Å². The van der Waals surface area contributed by atoms with Gasteiger partial charge in [-0.2, -0.15) is 0 Å². The van der Waals surface area contributed by atoms with Gasteiger partial charge in [0.25, 0.3) is 0 Å². The second-order valence-electron chi connectivity index (χ2n) is 2.95. The highest BCUT2D eigenvalue weighted by Crippen LogP contribution is 2.44. The van der Waals surface area contributed by atoms with Crippen molar-refractivity contribution in [2.45, 2.75) is 13.5 Å². The number of benzene rings is 1. The van der Waals surface area contributed by atoms with E-state index in [1.165, 1.54) is 6.66 Å². The Labute approximate surface area is 84.6 Å². The van der Waals surface area contributed by atoms with Crippen LogP contribution in [0.5, 0.6) is 0 Å². The number of rotatable bonds is 5. The maximum absolute atomic E-state index is 11.5. The molecular weight excluding hydrogens is 199 g/mol. The molecule has 1 aromatic carbocycles. The molecule has 0 bridgehead atoms. The molecule has 14 heavy (non-hydrogen) atoms. The molecule has 4 heteroatoms. The van der Waals surface area contributed by atoms with Gasteiger partial charge in [0, 0.05) is 6.66 Å². The van der Waals surface area contributed by atoms with E-state index < -0.39 is 7.60 Å². The highest BCUT2D eigenvalue weighted by molar-refractivity contribution is 7.52. The van der Waals surface area contributed by atoms with Crippen molar-refractivity contribution in [3.63, 3.8) is 0 Å². The smallest absolute Gasteiger partial charge is 0.309 e. The van der Waals surface area contributed by atoms with Crippen LogP contribution in [0.4, 0.5) is 0 Å². The van der Waals surface area contributed by atoms with Crippen LogP contribution in [0.3, 0.4) is 0 Å². The Morgan fingerprint density at radius 1 is 1.21 bits per heavy atom. The van der Waals surface area contributed by atoms with E-state index >= 15 is 0 Å². The van der Waals surface area contributed by atoms with Crippen LogP contribution < -0.4 is 0 Å². The molecule has 0 aliphatic rings. The zero-order valence-electron chi connectivity index (χ0n) is 8.47. The maximum atomic E-state index is 11.5. The minimum Gasteiger partial charge on any atom is -0.309 e. The molecule has 0 aliphatic carbocycles. The van der Waals surface area contributed by atoms with Gasteiger partial charge in [0.15, 0.2) is 0 Å². The predicted octanol–water partition coefficient (Wildman–Crippen LogP) is 3.06. The third kappa shape index (κ3) is 4.05. The van der Waals surface area contributed by atoms with Crippen molar-refractivity contribution in [3.8, 4) is 0 Å². The summed E-state index contributed by atoms with van der Waals surface area (Å²) in [5.74, 6) is 0. The molecule has 3 nitrogen and oxygen atoms in total. The third-order valence-corrected chi connectivity index (χ3v) is 3.00. The minimum absolute atomic E-state index is 0.328. The van der Waals surface area contributed by atoms with E-state index in [-0.39, 0.29) is 0 Å². The third-order valence-electron chi connectivity index (χ3n) is 1.67. The van der Waals surface area contributed by atoms with Crippen LogP contribution in [0.25, 0.3) is 0 Å². The molecule has 0 N–H and O–H groups in total. The second-order valence-corrected chi connectivity index (χ2v) is 5.01. The predicted molar refractivity (Wildman–Crippen MR) is 56.4 cm³/mol. The van der Waals surface area contributed by atoms with E-state index in [1.807, 2.05) is 30.3 Å². The van der Waals surface area contributed by atoms with E-state index in [0.717, 1.165) is 5.56 Å². The highest BCUT2D eigenvalue weighted by Gasteiger charge is 2.15. The fourth-order valence-corrected chi connectivity index (χ4v) is 1.96. The van der Waals surface area contributed by atoms with Crippen molar-refractivity contribution in [3.05, 3.63) is 35.9 Å². The lowest BCUT2D eigenvalue weighted by Crippen LogP contribution is -1.94. The average Bonchev–Trinajstić information content (AvgIpc) is 2.17. The van der Waals surface area contributed by atoms with Gasteiger partial charge in [-0.15, -0.1) is 0 Å². The van der Waals surface area contributed by atoms with Crippen LogP contribution in [-0.4, -0.2) is 13.3 Å². The van der Waals surface area contributed by atoms with Gasteiger partial charge < -0.3 is 9.05 Å². The molecule has 78 valence electrons. The quantitative estimate of drug-likeness (QED) is 0.706. The lowest BCUT2D eigenvalue weighted by atomic mass is 10.2. The molecule has 1 atom stereocenters. The van der Waals surface area contributed by atoms with Crippen molar-refractivity contribution < 1.29 is 13.6 Å². The van der Waals surface area contributed by atoms with Crippen LogP contribution in [-0.2, 0) is 20.2 Å². The molecule has 0 aliphatic heterocycles. The molecule has 0 spiro atoms. The summed E-state index contributed by atoms with van der Waals surface area (Å²) in [5.41, 5.74) is 0.995.